The lowest BCUT2D eigenvalue weighted by Gasteiger charge is -2.45. The molecular formula is C22H29BN6O. The van der Waals surface area contributed by atoms with Crippen LogP contribution < -0.4 is 16.1 Å². The van der Waals surface area contributed by atoms with Crippen molar-refractivity contribution in [3.05, 3.63) is 42.4 Å². The number of aromatic nitrogens is 4. The number of aliphatic hydroxyl groups excluding tert-OH is 1. The van der Waals surface area contributed by atoms with Crippen LogP contribution in [0.25, 0.3) is 5.65 Å². The lowest BCUT2D eigenvalue weighted by Crippen LogP contribution is -2.42. The Morgan fingerprint density at radius 3 is 2.80 bits per heavy atom. The first kappa shape index (κ1) is 20.7. The number of fused-ring (bicyclic) bond motifs is 1. The van der Waals surface area contributed by atoms with Crippen LogP contribution in [0.3, 0.4) is 0 Å². The third-order valence-corrected chi connectivity index (χ3v) is 5.81. The molecule has 1 fully saturated rings. The molecule has 4 rings (SSSR count). The standard InChI is InChI=1S/C22H29BN6O/c1-21(2)8-16(30)9-22(3,13-21)14-26-18-7-19(25-11-15-5-4-6-24-10-15)29-20(28-18)17(23)12-27-29/h4-7,10,12,16,25,30H,8-9,11,13-14H2,1-3H3,(H,26,28). The van der Waals surface area contributed by atoms with Crippen molar-refractivity contribution in [3.8, 4) is 0 Å². The highest BCUT2D eigenvalue weighted by molar-refractivity contribution is 6.36. The number of anilines is 2. The molecule has 0 saturated heterocycles. The van der Waals surface area contributed by atoms with Crippen LogP contribution >= 0.6 is 0 Å². The Kier molecular flexibility index (Phi) is 5.45. The van der Waals surface area contributed by atoms with Gasteiger partial charge in [-0.25, -0.2) is 4.98 Å². The van der Waals surface area contributed by atoms with Gasteiger partial charge in [0.1, 0.15) is 19.5 Å². The summed E-state index contributed by atoms with van der Waals surface area (Å²) < 4.78 is 1.71. The zero-order chi connectivity index (χ0) is 21.4. The highest BCUT2D eigenvalue weighted by Gasteiger charge is 2.40. The molecule has 156 valence electrons. The van der Waals surface area contributed by atoms with Crippen molar-refractivity contribution in [1.82, 2.24) is 19.6 Å². The maximum atomic E-state index is 10.4. The summed E-state index contributed by atoms with van der Waals surface area (Å²) in [5.41, 5.74) is 2.33. The van der Waals surface area contributed by atoms with Crippen LogP contribution in [0.1, 0.15) is 45.6 Å². The van der Waals surface area contributed by atoms with Crippen LogP contribution in [0.4, 0.5) is 11.6 Å². The number of pyridine rings is 1. The molecule has 3 aromatic heterocycles. The maximum absolute atomic E-state index is 10.4. The summed E-state index contributed by atoms with van der Waals surface area (Å²) in [4.78, 5) is 8.83. The van der Waals surface area contributed by atoms with E-state index < -0.39 is 0 Å². The van der Waals surface area contributed by atoms with E-state index in [1.165, 1.54) is 0 Å². The van der Waals surface area contributed by atoms with Crippen LogP contribution in [0.2, 0.25) is 0 Å². The first-order valence-corrected chi connectivity index (χ1v) is 10.4. The molecule has 3 heterocycles. The van der Waals surface area contributed by atoms with E-state index in [4.69, 9.17) is 7.85 Å². The second kappa shape index (κ2) is 7.91. The van der Waals surface area contributed by atoms with Crippen molar-refractivity contribution in [2.24, 2.45) is 10.8 Å². The molecule has 1 aliphatic rings. The molecule has 1 saturated carbocycles. The van der Waals surface area contributed by atoms with Gasteiger partial charge in [-0.05, 0) is 47.2 Å². The molecule has 30 heavy (non-hydrogen) atoms. The average Bonchev–Trinajstić information content (AvgIpc) is 3.05. The molecule has 2 unspecified atom stereocenters. The summed E-state index contributed by atoms with van der Waals surface area (Å²) >= 11 is 0. The molecule has 1 aliphatic carbocycles. The minimum absolute atomic E-state index is 0.00986. The second-order valence-electron chi connectivity index (χ2n) is 9.64. The molecule has 2 atom stereocenters. The van der Waals surface area contributed by atoms with E-state index in [1.54, 1.807) is 16.9 Å². The number of aliphatic hydroxyl groups is 1. The number of hydrogen-bond acceptors (Lipinski definition) is 6. The van der Waals surface area contributed by atoms with Gasteiger partial charge in [0.05, 0.1) is 6.10 Å². The largest absolute Gasteiger partial charge is 0.393 e. The van der Waals surface area contributed by atoms with Crippen molar-refractivity contribution in [1.29, 1.82) is 0 Å². The Balaban J connectivity index is 1.54. The van der Waals surface area contributed by atoms with Crippen molar-refractivity contribution >= 4 is 30.6 Å². The van der Waals surface area contributed by atoms with Gasteiger partial charge in [-0.15, -0.1) is 0 Å². The smallest absolute Gasteiger partial charge is 0.152 e. The van der Waals surface area contributed by atoms with Gasteiger partial charge in [0, 0.05) is 37.7 Å². The summed E-state index contributed by atoms with van der Waals surface area (Å²) in [6.07, 6.45) is 7.62. The molecule has 0 spiro atoms. The summed E-state index contributed by atoms with van der Waals surface area (Å²) in [6.45, 7) is 8.03. The van der Waals surface area contributed by atoms with Crippen LogP contribution in [-0.4, -0.2) is 45.2 Å². The van der Waals surface area contributed by atoms with Gasteiger partial charge in [0.25, 0.3) is 0 Å². The van der Waals surface area contributed by atoms with E-state index in [-0.39, 0.29) is 16.9 Å². The van der Waals surface area contributed by atoms with Gasteiger partial charge in [-0.2, -0.15) is 9.61 Å². The molecule has 2 radical (unpaired) electrons. The first-order chi connectivity index (χ1) is 14.2. The Morgan fingerprint density at radius 2 is 2.07 bits per heavy atom. The highest BCUT2D eigenvalue weighted by Crippen LogP contribution is 2.46. The van der Waals surface area contributed by atoms with Gasteiger partial charge in [0.15, 0.2) is 5.65 Å². The third kappa shape index (κ3) is 4.59. The lowest BCUT2D eigenvalue weighted by atomic mass is 9.63. The van der Waals surface area contributed by atoms with E-state index in [1.807, 2.05) is 24.4 Å². The monoisotopic (exact) mass is 404 g/mol. The quantitative estimate of drug-likeness (QED) is 0.548. The van der Waals surface area contributed by atoms with Crippen LogP contribution in [0.5, 0.6) is 0 Å². The predicted octanol–water partition coefficient (Wildman–Crippen LogP) is 2.52. The van der Waals surface area contributed by atoms with E-state index in [0.717, 1.165) is 43.0 Å². The van der Waals surface area contributed by atoms with Crippen molar-refractivity contribution in [2.75, 3.05) is 17.2 Å². The van der Waals surface area contributed by atoms with Crippen molar-refractivity contribution in [3.63, 3.8) is 0 Å². The fraction of sp³-hybridized carbons (Fsp3) is 0.500. The fourth-order valence-corrected chi connectivity index (χ4v) is 4.91. The van der Waals surface area contributed by atoms with Gasteiger partial charge in [0.2, 0.25) is 0 Å². The van der Waals surface area contributed by atoms with Crippen molar-refractivity contribution in [2.45, 2.75) is 52.7 Å². The number of nitrogens with one attached hydrogen (secondary N) is 2. The molecule has 7 nitrogen and oxygen atoms in total. The van der Waals surface area contributed by atoms with Gasteiger partial charge < -0.3 is 15.7 Å². The minimum Gasteiger partial charge on any atom is -0.393 e. The van der Waals surface area contributed by atoms with E-state index in [2.05, 4.69) is 46.5 Å². The second-order valence-corrected chi connectivity index (χ2v) is 9.64. The fourth-order valence-electron chi connectivity index (χ4n) is 4.91. The SMILES string of the molecule is [B]c1cnn2c(NCc3cccnc3)cc(NCC3(C)CC(O)CC(C)(C)C3)nc12. The van der Waals surface area contributed by atoms with Gasteiger partial charge in [-0.3, -0.25) is 4.98 Å². The van der Waals surface area contributed by atoms with Gasteiger partial charge >= 0.3 is 0 Å². The van der Waals surface area contributed by atoms with Crippen LogP contribution in [0.15, 0.2) is 36.8 Å². The third-order valence-electron chi connectivity index (χ3n) is 5.81. The zero-order valence-corrected chi connectivity index (χ0v) is 17.9. The lowest BCUT2D eigenvalue weighted by molar-refractivity contribution is -0.00320. The van der Waals surface area contributed by atoms with Crippen LogP contribution in [0, 0.1) is 10.8 Å². The normalized spacial score (nSPS) is 23.4. The van der Waals surface area contributed by atoms with E-state index in [0.29, 0.717) is 17.7 Å². The molecule has 0 aliphatic heterocycles. The average molecular weight is 404 g/mol. The summed E-state index contributed by atoms with van der Waals surface area (Å²) in [5.74, 6) is 1.54. The molecule has 0 bridgehead atoms. The predicted molar refractivity (Wildman–Crippen MR) is 120 cm³/mol. The number of nitrogens with zero attached hydrogens (tertiary/aromatic N) is 4. The molecule has 3 N–H and O–H groups in total. The Bertz CT molecular complexity index is 1020. The molecule has 8 heteroatoms. The number of hydrogen-bond donors (Lipinski definition) is 3. The van der Waals surface area contributed by atoms with E-state index in [9.17, 15) is 5.11 Å². The highest BCUT2D eigenvalue weighted by atomic mass is 16.3. The minimum atomic E-state index is -0.266. The number of rotatable bonds is 6. The maximum Gasteiger partial charge on any atom is 0.152 e. The molecular weight excluding hydrogens is 375 g/mol. The summed E-state index contributed by atoms with van der Waals surface area (Å²) in [7, 11) is 6.10. The van der Waals surface area contributed by atoms with Crippen LogP contribution in [-0.2, 0) is 6.54 Å². The first-order valence-electron chi connectivity index (χ1n) is 10.4. The molecule has 0 aromatic carbocycles. The molecule has 3 aromatic rings. The Labute approximate surface area is 178 Å². The summed E-state index contributed by atoms with van der Waals surface area (Å²) in [5, 5.41) is 21.6. The summed E-state index contributed by atoms with van der Waals surface area (Å²) in [6, 6.07) is 5.88. The van der Waals surface area contributed by atoms with E-state index >= 15 is 0 Å². The topological polar surface area (TPSA) is 87.4 Å². The van der Waals surface area contributed by atoms with Crippen molar-refractivity contribution < 1.29 is 5.11 Å². The Hall–Kier alpha value is -2.61. The Morgan fingerprint density at radius 1 is 1.23 bits per heavy atom. The molecule has 0 amide bonds. The van der Waals surface area contributed by atoms with Gasteiger partial charge in [-0.1, -0.05) is 26.8 Å². The zero-order valence-electron chi connectivity index (χ0n) is 17.9.